The number of aliphatic hydroxyl groups excluding tert-OH is 1. The summed E-state index contributed by atoms with van der Waals surface area (Å²) in [5.41, 5.74) is 0. The van der Waals surface area contributed by atoms with Crippen molar-refractivity contribution in [2.24, 2.45) is 0 Å². The summed E-state index contributed by atoms with van der Waals surface area (Å²) in [4.78, 5) is 0. The average Bonchev–Trinajstić information content (AvgIpc) is 2.34. The van der Waals surface area contributed by atoms with Crippen molar-refractivity contribution in [1.29, 1.82) is 0 Å². The third kappa shape index (κ3) is 9.57. The molecule has 1 N–H and O–H groups in total. The Morgan fingerprint density at radius 3 is 2.12 bits per heavy atom. The zero-order chi connectivity index (χ0) is 12.9. The van der Waals surface area contributed by atoms with E-state index >= 15 is 0 Å². The minimum atomic E-state index is -0.195. The summed E-state index contributed by atoms with van der Waals surface area (Å²) in [6.45, 7) is 4.98. The monoisotopic (exact) mass is 246 g/mol. The number of ether oxygens (including phenoxy) is 2. The van der Waals surface area contributed by atoms with Crippen LogP contribution in [0, 0.1) is 0 Å². The Morgan fingerprint density at radius 2 is 1.59 bits per heavy atom. The summed E-state index contributed by atoms with van der Waals surface area (Å²) in [5.74, 6) is 0. The number of aliphatic hydroxyl groups is 1. The summed E-state index contributed by atoms with van der Waals surface area (Å²) >= 11 is 0. The molecule has 17 heavy (non-hydrogen) atoms. The Labute approximate surface area is 107 Å². The van der Waals surface area contributed by atoms with Gasteiger partial charge >= 0.3 is 0 Å². The minimum Gasteiger partial charge on any atom is -0.394 e. The zero-order valence-electron chi connectivity index (χ0n) is 11.8. The van der Waals surface area contributed by atoms with Crippen LogP contribution in [0.1, 0.15) is 58.8 Å². The molecule has 0 saturated carbocycles. The molecular formula is C14H30O3. The maximum Gasteiger partial charge on any atom is 0.106 e. The molecule has 0 heterocycles. The van der Waals surface area contributed by atoms with E-state index in [1.807, 2.05) is 6.92 Å². The standard InChI is InChI=1S/C14H30O3/c1-4-5-6-7-8-9-10-11-17-13(2)14(12-15)16-3/h13-15H,4-12H2,1-3H3. The normalized spacial score (nSPS) is 14.8. The van der Waals surface area contributed by atoms with Crippen LogP contribution in [-0.2, 0) is 9.47 Å². The number of rotatable bonds is 12. The first kappa shape index (κ1) is 16.9. The quantitative estimate of drug-likeness (QED) is 0.538. The molecule has 0 fully saturated rings. The molecular weight excluding hydrogens is 216 g/mol. The molecule has 0 bridgehead atoms. The van der Waals surface area contributed by atoms with Gasteiger partial charge in [0.1, 0.15) is 6.10 Å². The van der Waals surface area contributed by atoms with E-state index in [0.29, 0.717) is 0 Å². The summed E-state index contributed by atoms with van der Waals surface area (Å²) in [6, 6.07) is 0. The van der Waals surface area contributed by atoms with Gasteiger partial charge in [-0.05, 0) is 13.3 Å². The highest BCUT2D eigenvalue weighted by molar-refractivity contribution is 4.63. The third-order valence-corrected chi connectivity index (χ3v) is 3.13. The molecule has 0 aromatic heterocycles. The molecule has 0 aromatic rings. The van der Waals surface area contributed by atoms with Crippen molar-refractivity contribution in [1.82, 2.24) is 0 Å². The highest BCUT2D eigenvalue weighted by Gasteiger charge is 2.15. The maximum atomic E-state index is 9.01. The fraction of sp³-hybridized carbons (Fsp3) is 1.00. The fourth-order valence-electron chi connectivity index (χ4n) is 1.85. The van der Waals surface area contributed by atoms with Gasteiger partial charge in [-0.1, -0.05) is 45.4 Å². The van der Waals surface area contributed by atoms with Gasteiger partial charge in [0, 0.05) is 13.7 Å². The molecule has 104 valence electrons. The van der Waals surface area contributed by atoms with Crippen LogP contribution >= 0.6 is 0 Å². The second-order valence-corrected chi connectivity index (χ2v) is 4.65. The van der Waals surface area contributed by atoms with Gasteiger partial charge in [0.2, 0.25) is 0 Å². The topological polar surface area (TPSA) is 38.7 Å². The van der Waals surface area contributed by atoms with Crippen LogP contribution < -0.4 is 0 Å². The Bertz CT molecular complexity index is 146. The van der Waals surface area contributed by atoms with Crippen LogP contribution in [0.5, 0.6) is 0 Å². The zero-order valence-corrected chi connectivity index (χ0v) is 11.8. The van der Waals surface area contributed by atoms with Crippen LogP contribution in [0.4, 0.5) is 0 Å². The van der Waals surface area contributed by atoms with E-state index in [9.17, 15) is 0 Å². The van der Waals surface area contributed by atoms with Crippen molar-refractivity contribution in [2.45, 2.75) is 71.0 Å². The summed E-state index contributed by atoms with van der Waals surface area (Å²) in [7, 11) is 1.61. The Balaban J connectivity index is 3.27. The van der Waals surface area contributed by atoms with Gasteiger partial charge in [-0.15, -0.1) is 0 Å². The van der Waals surface area contributed by atoms with Gasteiger partial charge in [0.05, 0.1) is 12.7 Å². The van der Waals surface area contributed by atoms with Gasteiger partial charge in [0.25, 0.3) is 0 Å². The van der Waals surface area contributed by atoms with Gasteiger partial charge in [-0.2, -0.15) is 0 Å². The molecule has 0 aromatic carbocycles. The van der Waals surface area contributed by atoms with Gasteiger partial charge < -0.3 is 14.6 Å². The number of unbranched alkanes of at least 4 members (excludes halogenated alkanes) is 6. The van der Waals surface area contributed by atoms with Crippen molar-refractivity contribution in [3.8, 4) is 0 Å². The van der Waals surface area contributed by atoms with Crippen LogP contribution in [0.2, 0.25) is 0 Å². The van der Waals surface area contributed by atoms with Crippen LogP contribution in [-0.4, -0.2) is 37.6 Å². The van der Waals surface area contributed by atoms with Crippen molar-refractivity contribution < 1.29 is 14.6 Å². The minimum absolute atomic E-state index is 0.0225. The highest BCUT2D eigenvalue weighted by Crippen LogP contribution is 2.08. The van der Waals surface area contributed by atoms with Gasteiger partial charge in [0.15, 0.2) is 0 Å². The molecule has 0 saturated heterocycles. The highest BCUT2D eigenvalue weighted by atomic mass is 16.5. The van der Waals surface area contributed by atoms with Crippen LogP contribution in [0.25, 0.3) is 0 Å². The Hall–Kier alpha value is -0.120. The van der Waals surface area contributed by atoms with Crippen molar-refractivity contribution >= 4 is 0 Å². The number of hydrogen-bond acceptors (Lipinski definition) is 3. The van der Waals surface area contributed by atoms with Gasteiger partial charge in [-0.25, -0.2) is 0 Å². The molecule has 0 aliphatic heterocycles. The van der Waals surface area contributed by atoms with E-state index in [0.717, 1.165) is 13.0 Å². The molecule has 0 aliphatic rings. The molecule has 0 spiro atoms. The third-order valence-electron chi connectivity index (χ3n) is 3.13. The summed E-state index contributed by atoms with van der Waals surface area (Å²) in [5, 5.41) is 9.01. The smallest absolute Gasteiger partial charge is 0.106 e. The molecule has 2 atom stereocenters. The molecule has 0 rings (SSSR count). The van der Waals surface area contributed by atoms with E-state index in [1.165, 1.54) is 38.5 Å². The molecule has 0 radical (unpaired) electrons. The molecule has 0 amide bonds. The second-order valence-electron chi connectivity index (χ2n) is 4.65. The maximum absolute atomic E-state index is 9.01. The van der Waals surface area contributed by atoms with Crippen LogP contribution in [0.15, 0.2) is 0 Å². The lowest BCUT2D eigenvalue weighted by Crippen LogP contribution is -2.31. The lowest BCUT2D eigenvalue weighted by atomic mass is 10.1. The molecule has 3 heteroatoms. The predicted molar refractivity (Wildman–Crippen MR) is 71.3 cm³/mol. The van der Waals surface area contributed by atoms with Crippen molar-refractivity contribution in [3.05, 3.63) is 0 Å². The molecule has 0 aliphatic carbocycles. The Kier molecular flexibility index (Phi) is 12.3. The Morgan fingerprint density at radius 1 is 1.00 bits per heavy atom. The van der Waals surface area contributed by atoms with E-state index in [1.54, 1.807) is 7.11 Å². The van der Waals surface area contributed by atoms with E-state index < -0.39 is 0 Å². The van der Waals surface area contributed by atoms with E-state index in [-0.39, 0.29) is 18.8 Å². The molecule has 3 nitrogen and oxygen atoms in total. The molecule has 2 unspecified atom stereocenters. The van der Waals surface area contributed by atoms with E-state index in [4.69, 9.17) is 14.6 Å². The lowest BCUT2D eigenvalue weighted by molar-refractivity contribution is -0.0685. The predicted octanol–water partition coefficient (Wildman–Crippen LogP) is 3.15. The summed E-state index contributed by atoms with van der Waals surface area (Å²) in [6.07, 6.45) is 8.83. The van der Waals surface area contributed by atoms with Crippen LogP contribution in [0.3, 0.4) is 0 Å². The largest absolute Gasteiger partial charge is 0.394 e. The number of hydrogen-bond donors (Lipinski definition) is 1. The second kappa shape index (κ2) is 12.3. The van der Waals surface area contributed by atoms with Crippen molar-refractivity contribution in [3.63, 3.8) is 0 Å². The van der Waals surface area contributed by atoms with E-state index in [2.05, 4.69) is 6.92 Å². The average molecular weight is 246 g/mol. The summed E-state index contributed by atoms with van der Waals surface area (Å²) < 4.78 is 10.7. The first-order valence-corrected chi connectivity index (χ1v) is 7.01. The van der Waals surface area contributed by atoms with Crippen molar-refractivity contribution in [2.75, 3.05) is 20.3 Å². The number of methoxy groups -OCH3 is 1. The first-order chi connectivity index (χ1) is 8.26. The van der Waals surface area contributed by atoms with Gasteiger partial charge in [-0.3, -0.25) is 0 Å². The first-order valence-electron chi connectivity index (χ1n) is 7.01. The fourth-order valence-corrected chi connectivity index (χ4v) is 1.85. The SMILES string of the molecule is CCCCCCCCCOC(C)C(CO)OC. The lowest BCUT2D eigenvalue weighted by Gasteiger charge is -2.20.